The van der Waals surface area contributed by atoms with Gasteiger partial charge in [-0.15, -0.1) is 0 Å². The van der Waals surface area contributed by atoms with E-state index in [0.29, 0.717) is 19.3 Å². The van der Waals surface area contributed by atoms with Crippen LogP contribution in [-0.2, 0) is 14.3 Å². The highest BCUT2D eigenvalue weighted by Crippen LogP contribution is 2.27. The Hall–Kier alpha value is -1.30. The lowest BCUT2D eigenvalue weighted by atomic mass is 9.83. The number of amides is 1. The van der Waals surface area contributed by atoms with Crippen molar-refractivity contribution in [3.05, 3.63) is 0 Å². The summed E-state index contributed by atoms with van der Waals surface area (Å²) in [6.45, 7) is 5.29. The van der Waals surface area contributed by atoms with E-state index in [2.05, 4.69) is 5.32 Å². The molecule has 0 aromatic heterocycles. The Labute approximate surface area is 113 Å². The first-order valence-corrected chi connectivity index (χ1v) is 6.48. The number of carbonyl (C=O) groups is 2. The summed E-state index contributed by atoms with van der Waals surface area (Å²) in [4.78, 5) is 22.9. The molecule has 0 radical (unpaired) electrons. The Morgan fingerprint density at radius 2 is 1.89 bits per heavy atom. The van der Waals surface area contributed by atoms with Gasteiger partial charge in [0.2, 0.25) is 0 Å². The van der Waals surface area contributed by atoms with E-state index in [-0.39, 0.29) is 6.10 Å². The molecule has 1 fully saturated rings. The van der Waals surface area contributed by atoms with Crippen molar-refractivity contribution >= 4 is 12.1 Å². The Balaban J connectivity index is 2.64. The third-order valence-corrected chi connectivity index (χ3v) is 3.15. The van der Waals surface area contributed by atoms with E-state index in [4.69, 9.17) is 9.47 Å². The van der Waals surface area contributed by atoms with Gasteiger partial charge in [-0.05, 0) is 40.0 Å². The molecular formula is C13H23NO5. The van der Waals surface area contributed by atoms with Gasteiger partial charge in [0.25, 0.3) is 0 Å². The number of nitrogens with one attached hydrogen (secondary N) is 1. The molecule has 6 heteroatoms. The summed E-state index contributed by atoms with van der Waals surface area (Å²) in [5.41, 5.74) is -0.599. The molecule has 0 heterocycles. The van der Waals surface area contributed by atoms with Gasteiger partial charge in [-0.25, -0.2) is 4.79 Å². The van der Waals surface area contributed by atoms with Crippen LogP contribution in [0.15, 0.2) is 0 Å². The molecule has 0 aromatic carbocycles. The van der Waals surface area contributed by atoms with Gasteiger partial charge < -0.3 is 19.9 Å². The van der Waals surface area contributed by atoms with Crippen LogP contribution in [0.25, 0.3) is 0 Å². The van der Waals surface area contributed by atoms with E-state index in [1.807, 2.05) is 0 Å². The van der Waals surface area contributed by atoms with Crippen LogP contribution in [0.3, 0.4) is 0 Å². The van der Waals surface area contributed by atoms with Crippen molar-refractivity contribution in [1.82, 2.24) is 5.32 Å². The summed E-state index contributed by atoms with van der Waals surface area (Å²) >= 11 is 0. The van der Waals surface area contributed by atoms with Crippen LogP contribution >= 0.6 is 0 Å². The molecule has 0 aliphatic heterocycles. The highest BCUT2D eigenvalue weighted by Gasteiger charge is 2.36. The van der Waals surface area contributed by atoms with Crippen molar-refractivity contribution in [3.8, 4) is 0 Å². The maximum absolute atomic E-state index is 11.7. The van der Waals surface area contributed by atoms with Crippen LogP contribution in [0.1, 0.15) is 40.0 Å². The number of alkyl carbamates (subject to hydrolysis) is 1. The predicted molar refractivity (Wildman–Crippen MR) is 68.9 cm³/mol. The summed E-state index contributed by atoms with van der Waals surface area (Å²) in [7, 11) is 1.59. The van der Waals surface area contributed by atoms with Crippen molar-refractivity contribution in [2.45, 2.75) is 57.8 Å². The fourth-order valence-corrected chi connectivity index (χ4v) is 2.26. The SMILES string of the molecule is CO[C@H]1CC[C@H](C(=O)O)[C@@H](NC(=O)OC(C)(C)C)C1. The van der Waals surface area contributed by atoms with E-state index in [0.717, 1.165) is 0 Å². The van der Waals surface area contributed by atoms with Gasteiger partial charge >= 0.3 is 12.1 Å². The molecule has 0 bridgehead atoms. The number of carboxylic acid groups (broad SMARTS) is 1. The van der Waals surface area contributed by atoms with Crippen molar-refractivity contribution in [2.75, 3.05) is 7.11 Å². The van der Waals surface area contributed by atoms with Crippen molar-refractivity contribution in [1.29, 1.82) is 0 Å². The molecule has 0 saturated heterocycles. The van der Waals surface area contributed by atoms with Gasteiger partial charge in [-0.1, -0.05) is 0 Å². The number of hydrogen-bond acceptors (Lipinski definition) is 4. The van der Waals surface area contributed by atoms with Crippen LogP contribution in [0, 0.1) is 5.92 Å². The zero-order chi connectivity index (χ0) is 14.6. The van der Waals surface area contributed by atoms with Crippen LogP contribution in [0.2, 0.25) is 0 Å². The number of rotatable bonds is 3. The van der Waals surface area contributed by atoms with Crippen molar-refractivity contribution in [3.63, 3.8) is 0 Å². The fraction of sp³-hybridized carbons (Fsp3) is 0.846. The maximum atomic E-state index is 11.7. The first-order chi connectivity index (χ1) is 8.73. The smallest absolute Gasteiger partial charge is 0.407 e. The number of carboxylic acids is 1. The standard InChI is InChI=1S/C13H23NO5/c1-13(2,3)19-12(17)14-10-7-8(18-4)5-6-9(10)11(15)16/h8-10H,5-7H2,1-4H3,(H,14,17)(H,15,16)/t8-,9-,10-/m0/s1. The van der Waals surface area contributed by atoms with Crippen LogP contribution in [0.4, 0.5) is 4.79 Å². The summed E-state index contributed by atoms with van der Waals surface area (Å²) < 4.78 is 10.4. The maximum Gasteiger partial charge on any atom is 0.407 e. The van der Waals surface area contributed by atoms with E-state index in [1.54, 1.807) is 27.9 Å². The molecular weight excluding hydrogens is 250 g/mol. The molecule has 1 rings (SSSR count). The average molecular weight is 273 g/mol. The van der Waals surface area contributed by atoms with Crippen LogP contribution < -0.4 is 5.32 Å². The Bertz CT molecular complexity index is 336. The van der Waals surface area contributed by atoms with E-state index in [1.165, 1.54) is 0 Å². The molecule has 110 valence electrons. The monoisotopic (exact) mass is 273 g/mol. The topological polar surface area (TPSA) is 84.9 Å². The second-order valence-electron chi connectivity index (χ2n) is 5.87. The van der Waals surface area contributed by atoms with Gasteiger partial charge in [-0.2, -0.15) is 0 Å². The Morgan fingerprint density at radius 1 is 1.26 bits per heavy atom. The van der Waals surface area contributed by atoms with Crippen LogP contribution in [-0.4, -0.2) is 42.0 Å². The number of ether oxygens (including phenoxy) is 2. The second kappa shape index (κ2) is 6.23. The third-order valence-electron chi connectivity index (χ3n) is 3.15. The Morgan fingerprint density at radius 3 is 2.37 bits per heavy atom. The van der Waals surface area contributed by atoms with E-state index >= 15 is 0 Å². The number of carbonyl (C=O) groups excluding carboxylic acids is 1. The minimum atomic E-state index is -0.893. The number of aliphatic carboxylic acids is 1. The summed E-state index contributed by atoms with van der Waals surface area (Å²) in [5, 5.41) is 11.8. The third kappa shape index (κ3) is 5.06. The zero-order valence-electron chi connectivity index (χ0n) is 11.9. The molecule has 6 nitrogen and oxygen atoms in total. The Kier molecular flexibility index (Phi) is 5.17. The van der Waals surface area contributed by atoms with Crippen molar-refractivity contribution < 1.29 is 24.2 Å². The van der Waals surface area contributed by atoms with Crippen LogP contribution in [0.5, 0.6) is 0 Å². The largest absolute Gasteiger partial charge is 0.481 e. The first-order valence-electron chi connectivity index (χ1n) is 6.48. The van der Waals surface area contributed by atoms with Gasteiger partial charge in [0.05, 0.1) is 12.0 Å². The minimum Gasteiger partial charge on any atom is -0.481 e. The minimum absolute atomic E-state index is 0.0180. The first kappa shape index (κ1) is 15.8. The predicted octanol–water partition coefficient (Wildman–Crippen LogP) is 1.78. The van der Waals surface area contributed by atoms with Gasteiger partial charge in [0.1, 0.15) is 5.60 Å². The molecule has 1 saturated carbocycles. The lowest BCUT2D eigenvalue weighted by molar-refractivity contribution is -0.144. The van der Waals surface area contributed by atoms with Gasteiger partial charge in [-0.3, -0.25) is 4.79 Å². The quantitative estimate of drug-likeness (QED) is 0.818. The zero-order valence-corrected chi connectivity index (χ0v) is 11.9. The van der Waals surface area contributed by atoms with Gasteiger partial charge in [0, 0.05) is 13.2 Å². The summed E-state index contributed by atoms with van der Waals surface area (Å²) in [5.74, 6) is -1.48. The molecule has 3 atom stereocenters. The highest BCUT2D eigenvalue weighted by molar-refractivity contribution is 5.73. The number of hydrogen-bond donors (Lipinski definition) is 2. The van der Waals surface area contributed by atoms with Crippen molar-refractivity contribution in [2.24, 2.45) is 5.92 Å². The molecule has 0 unspecified atom stereocenters. The highest BCUT2D eigenvalue weighted by atomic mass is 16.6. The summed E-state index contributed by atoms with van der Waals surface area (Å²) in [6.07, 6.45) is 1.08. The average Bonchev–Trinajstić information content (AvgIpc) is 2.25. The molecule has 1 amide bonds. The molecule has 0 spiro atoms. The lowest BCUT2D eigenvalue weighted by Crippen LogP contribution is -2.49. The number of methoxy groups -OCH3 is 1. The van der Waals surface area contributed by atoms with Gasteiger partial charge in [0.15, 0.2) is 0 Å². The fourth-order valence-electron chi connectivity index (χ4n) is 2.26. The van der Waals surface area contributed by atoms with E-state index < -0.39 is 29.6 Å². The molecule has 19 heavy (non-hydrogen) atoms. The summed E-state index contributed by atoms with van der Waals surface area (Å²) in [6, 6.07) is -0.453. The molecule has 1 aliphatic rings. The molecule has 2 N–H and O–H groups in total. The second-order valence-corrected chi connectivity index (χ2v) is 5.87. The normalized spacial score (nSPS) is 27.7. The molecule has 1 aliphatic carbocycles. The lowest BCUT2D eigenvalue weighted by Gasteiger charge is -2.34. The molecule has 0 aromatic rings. The van der Waals surface area contributed by atoms with E-state index in [9.17, 15) is 14.7 Å².